The largest absolute Gasteiger partial charge is 0.481 e. The van der Waals surface area contributed by atoms with E-state index in [9.17, 15) is 23.1 Å². The molecule has 1 aliphatic heterocycles. The molecule has 0 spiro atoms. The van der Waals surface area contributed by atoms with Gasteiger partial charge in [-0.05, 0) is 36.6 Å². The molecule has 3 atom stereocenters. The smallest absolute Gasteiger partial charge is 0.316 e. The van der Waals surface area contributed by atoms with Gasteiger partial charge in [0.1, 0.15) is 10.9 Å². The lowest BCUT2D eigenvalue weighted by Crippen LogP contribution is -2.47. The minimum absolute atomic E-state index is 0.0625. The summed E-state index contributed by atoms with van der Waals surface area (Å²) in [5, 5.41) is 12.8. The minimum atomic E-state index is -4.15. The second-order valence-corrected chi connectivity index (χ2v) is 11.7. The Balaban J connectivity index is 1.61. The van der Waals surface area contributed by atoms with Crippen LogP contribution < -0.4 is 5.73 Å². The average molecular weight is 554 g/mol. The van der Waals surface area contributed by atoms with Crippen LogP contribution in [0.2, 0.25) is 10.0 Å². The van der Waals surface area contributed by atoms with E-state index in [0.29, 0.717) is 12.0 Å². The van der Waals surface area contributed by atoms with Crippen LogP contribution in [0.5, 0.6) is 0 Å². The van der Waals surface area contributed by atoms with Gasteiger partial charge < -0.3 is 10.8 Å². The number of hydrogen-bond donors (Lipinski definition) is 2. The highest BCUT2D eigenvalue weighted by Crippen LogP contribution is 2.33. The Morgan fingerprint density at radius 3 is 2.37 bits per heavy atom. The molecule has 0 bridgehead atoms. The van der Waals surface area contributed by atoms with E-state index in [1.807, 2.05) is 5.38 Å². The number of benzene rings is 2. The highest BCUT2D eigenvalue weighted by molar-refractivity contribution is 7.89. The number of thiazole rings is 1. The predicted octanol–water partition coefficient (Wildman–Crippen LogP) is 4.24. The van der Waals surface area contributed by atoms with Crippen molar-refractivity contribution in [1.29, 1.82) is 0 Å². The van der Waals surface area contributed by atoms with Gasteiger partial charge in [0.05, 0.1) is 17.0 Å². The van der Waals surface area contributed by atoms with Gasteiger partial charge in [-0.15, -0.1) is 11.3 Å². The number of nitrogens with zero attached hydrogens (tertiary/aromatic N) is 2. The van der Waals surface area contributed by atoms with Gasteiger partial charge in [0, 0.05) is 33.7 Å². The number of sulfonamides is 1. The van der Waals surface area contributed by atoms with Crippen LogP contribution in [0.25, 0.3) is 10.6 Å². The Morgan fingerprint density at radius 1 is 1.14 bits per heavy atom. The zero-order chi connectivity index (χ0) is 25.3. The number of halogens is 2. The summed E-state index contributed by atoms with van der Waals surface area (Å²) in [6, 6.07) is 8.37. The van der Waals surface area contributed by atoms with E-state index in [1.54, 1.807) is 30.5 Å². The number of rotatable bonds is 8. The first kappa shape index (κ1) is 25.7. The third kappa shape index (κ3) is 5.28. The predicted molar refractivity (Wildman–Crippen MR) is 134 cm³/mol. The lowest BCUT2D eigenvalue weighted by atomic mass is 9.86. The molecule has 3 aromatic rings. The van der Waals surface area contributed by atoms with Crippen molar-refractivity contribution in [2.45, 2.75) is 29.8 Å². The summed E-state index contributed by atoms with van der Waals surface area (Å²) in [5.41, 5.74) is 7.55. The molecule has 0 saturated carbocycles. The lowest BCUT2D eigenvalue weighted by Gasteiger charge is -2.28. The Kier molecular flexibility index (Phi) is 7.60. The zero-order valence-corrected chi connectivity index (χ0v) is 21.3. The fourth-order valence-corrected chi connectivity index (χ4v) is 7.23. The molecule has 0 aliphatic carbocycles. The molecule has 0 amide bonds. The molecule has 0 radical (unpaired) electrons. The SMILES string of the molecule is NC(c1ccc(-c2nccs2)cc1)C(C(=O)O)C(=O)[C@@H]1CCCN1S(=O)(=O)c1cc(Cl)cc(Cl)c1. The number of carbonyl (C=O) groups is 2. The van der Waals surface area contributed by atoms with E-state index in [0.717, 1.165) is 14.9 Å². The van der Waals surface area contributed by atoms with E-state index in [4.69, 9.17) is 28.9 Å². The van der Waals surface area contributed by atoms with Gasteiger partial charge >= 0.3 is 5.97 Å². The summed E-state index contributed by atoms with van der Waals surface area (Å²) in [6.45, 7) is 0.0625. The van der Waals surface area contributed by atoms with Gasteiger partial charge in [-0.1, -0.05) is 47.5 Å². The number of Topliss-reactive ketones (excluding diaryl/α,β-unsaturated/α-hetero) is 1. The number of carboxylic acid groups (broad SMARTS) is 1. The van der Waals surface area contributed by atoms with Crippen LogP contribution >= 0.6 is 34.5 Å². The van der Waals surface area contributed by atoms with Crippen molar-refractivity contribution in [2.24, 2.45) is 11.7 Å². The van der Waals surface area contributed by atoms with Crippen molar-refractivity contribution in [3.63, 3.8) is 0 Å². The lowest BCUT2D eigenvalue weighted by molar-refractivity contribution is -0.148. The summed E-state index contributed by atoms with van der Waals surface area (Å²) in [5.74, 6) is -3.81. The number of hydrogen-bond acceptors (Lipinski definition) is 7. The molecule has 2 aromatic carbocycles. The highest BCUT2D eigenvalue weighted by atomic mass is 35.5. The van der Waals surface area contributed by atoms with Crippen LogP contribution in [0.1, 0.15) is 24.4 Å². The number of carboxylic acids is 1. The molecule has 12 heteroatoms. The standard InChI is InChI=1S/C23H21Cl2N3O5S2/c24-15-10-16(25)12-17(11-15)35(32,33)28-8-1-2-18(28)21(29)19(23(30)31)20(26)13-3-5-14(6-4-13)22-27-7-9-34-22/h3-7,9-12,18-20H,1-2,8,26H2,(H,30,31)/t18-,19?,20?/m0/s1. The monoisotopic (exact) mass is 553 g/mol. The van der Waals surface area contributed by atoms with Crippen LogP contribution in [0.3, 0.4) is 0 Å². The van der Waals surface area contributed by atoms with Crippen molar-refractivity contribution < 1.29 is 23.1 Å². The molecule has 35 heavy (non-hydrogen) atoms. The van der Waals surface area contributed by atoms with Gasteiger partial charge in [0.15, 0.2) is 5.78 Å². The number of aliphatic carboxylic acids is 1. The minimum Gasteiger partial charge on any atom is -0.481 e. The fraction of sp³-hybridized carbons (Fsp3) is 0.261. The first-order valence-corrected chi connectivity index (χ1v) is 13.7. The van der Waals surface area contributed by atoms with Crippen molar-refractivity contribution in [2.75, 3.05) is 6.54 Å². The number of ketones is 1. The second kappa shape index (κ2) is 10.3. The van der Waals surface area contributed by atoms with Gasteiger partial charge in [-0.3, -0.25) is 9.59 Å². The maximum Gasteiger partial charge on any atom is 0.316 e. The molecule has 1 aromatic heterocycles. The van der Waals surface area contributed by atoms with Crippen molar-refractivity contribution in [3.05, 3.63) is 69.7 Å². The third-order valence-electron chi connectivity index (χ3n) is 5.88. The summed E-state index contributed by atoms with van der Waals surface area (Å²) >= 11 is 13.4. The molecular formula is C23H21Cl2N3O5S2. The highest BCUT2D eigenvalue weighted by Gasteiger charge is 2.45. The summed E-state index contributed by atoms with van der Waals surface area (Å²) in [4.78, 5) is 29.7. The molecule has 1 fully saturated rings. The van der Waals surface area contributed by atoms with Crippen LogP contribution in [-0.2, 0) is 19.6 Å². The summed E-state index contributed by atoms with van der Waals surface area (Å²) in [7, 11) is -4.15. The molecule has 3 N–H and O–H groups in total. The van der Waals surface area contributed by atoms with E-state index >= 15 is 0 Å². The summed E-state index contributed by atoms with van der Waals surface area (Å²) in [6.07, 6.45) is 2.26. The Morgan fingerprint density at radius 2 is 1.80 bits per heavy atom. The van der Waals surface area contributed by atoms with Gasteiger partial charge in [0.2, 0.25) is 10.0 Å². The van der Waals surface area contributed by atoms with Crippen LogP contribution in [0, 0.1) is 5.92 Å². The van der Waals surface area contributed by atoms with E-state index in [1.165, 1.54) is 29.5 Å². The number of aromatic nitrogens is 1. The van der Waals surface area contributed by atoms with Gasteiger partial charge in [-0.25, -0.2) is 13.4 Å². The molecule has 2 heterocycles. The number of nitrogens with two attached hydrogens (primary N) is 1. The molecule has 2 unspecified atom stereocenters. The molecule has 1 saturated heterocycles. The molecule has 4 rings (SSSR count). The maximum atomic E-state index is 13.5. The van der Waals surface area contributed by atoms with Crippen molar-refractivity contribution >= 4 is 56.3 Å². The fourth-order valence-electron chi connectivity index (χ4n) is 4.19. The maximum absolute atomic E-state index is 13.5. The molecule has 1 aliphatic rings. The van der Waals surface area contributed by atoms with E-state index in [-0.39, 0.29) is 27.9 Å². The summed E-state index contributed by atoms with van der Waals surface area (Å²) < 4.78 is 27.6. The Labute approximate surface area is 216 Å². The number of carbonyl (C=O) groups excluding carboxylic acids is 1. The molecule has 8 nitrogen and oxygen atoms in total. The topological polar surface area (TPSA) is 131 Å². The Bertz CT molecular complexity index is 1330. The quantitative estimate of drug-likeness (QED) is 0.399. The first-order valence-electron chi connectivity index (χ1n) is 10.6. The normalized spacial score (nSPS) is 18.3. The van der Waals surface area contributed by atoms with Crippen LogP contribution in [0.4, 0.5) is 0 Å². The third-order valence-corrected chi connectivity index (χ3v) is 9.03. The zero-order valence-electron chi connectivity index (χ0n) is 18.2. The molecule has 184 valence electrons. The Hall–Kier alpha value is -2.34. The van der Waals surface area contributed by atoms with Crippen LogP contribution in [-0.4, -0.2) is 47.2 Å². The van der Waals surface area contributed by atoms with E-state index in [2.05, 4.69) is 4.98 Å². The average Bonchev–Trinajstić information content (AvgIpc) is 3.51. The second-order valence-electron chi connectivity index (χ2n) is 8.08. The van der Waals surface area contributed by atoms with E-state index < -0.39 is 39.8 Å². The van der Waals surface area contributed by atoms with Crippen molar-refractivity contribution in [1.82, 2.24) is 9.29 Å². The van der Waals surface area contributed by atoms with Crippen molar-refractivity contribution in [3.8, 4) is 10.6 Å². The van der Waals surface area contributed by atoms with Crippen LogP contribution in [0.15, 0.2) is 58.9 Å². The van der Waals surface area contributed by atoms with Gasteiger partial charge in [-0.2, -0.15) is 4.31 Å². The molecular weight excluding hydrogens is 533 g/mol. The van der Waals surface area contributed by atoms with Gasteiger partial charge in [0.25, 0.3) is 0 Å². The first-order chi connectivity index (χ1) is 16.6.